The van der Waals surface area contributed by atoms with Crippen LogP contribution in [0.2, 0.25) is 0 Å². The zero-order chi connectivity index (χ0) is 8.27. The molecular formula is C9H8FN. The molecule has 0 N–H and O–H groups in total. The molecule has 1 heterocycles. The van der Waals surface area contributed by atoms with Crippen molar-refractivity contribution in [2.45, 2.75) is 0 Å². The third-order valence-electron chi connectivity index (χ3n) is 1.35. The highest BCUT2D eigenvalue weighted by atomic mass is 19.1. The molecule has 2 heteroatoms. The van der Waals surface area contributed by atoms with Crippen LogP contribution in [0.15, 0.2) is 37.6 Å². The number of hydrogen-bond donors (Lipinski definition) is 0. The average Bonchev–Trinajstić information content (AvgIpc) is 2.04. The molecule has 0 aliphatic heterocycles. The van der Waals surface area contributed by atoms with E-state index in [-0.39, 0.29) is 0 Å². The quantitative estimate of drug-likeness (QED) is 0.465. The van der Waals surface area contributed by atoms with Crippen molar-refractivity contribution in [3.8, 4) is 0 Å². The first-order valence-electron chi connectivity index (χ1n) is 3.18. The Morgan fingerprint density at radius 2 is 2.36 bits per heavy atom. The predicted molar refractivity (Wildman–Crippen MR) is 43.4 cm³/mol. The third kappa shape index (κ3) is 1.52. The molecule has 0 fully saturated rings. The van der Waals surface area contributed by atoms with Crippen LogP contribution < -0.4 is 0 Å². The highest BCUT2D eigenvalue weighted by Crippen LogP contribution is 2.14. The molecule has 0 aliphatic rings. The minimum Gasteiger partial charge on any atom is -0.228 e. The SMILES string of the molecule is C=CC(=C)c1cccnc1F. The van der Waals surface area contributed by atoms with Gasteiger partial charge in [0.25, 0.3) is 0 Å². The first-order chi connectivity index (χ1) is 5.25. The minimum absolute atomic E-state index is 0.405. The standard InChI is InChI=1S/C9H8FN/c1-3-7(2)8-5-4-6-11-9(8)10/h3-6H,1-2H2. The zero-order valence-electron chi connectivity index (χ0n) is 6.05. The van der Waals surface area contributed by atoms with E-state index >= 15 is 0 Å². The Labute approximate surface area is 64.9 Å². The molecule has 0 unspecified atom stereocenters. The van der Waals surface area contributed by atoms with Gasteiger partial charge in [0.15, 0.2) is 0 Å². The second-order valence-corrected chi connectivity index (χ2v) is 2.07. The largest absolute Gasteiger partial charge is 0.228 e. The van der Waals surface area contributed by atoms with E-state index in [0.717, 1.165) is 0 Å². The van der Waals surface area contributed by atoms with E-state index < -0.39 is 5.95 Å². The lowest BCUT2D eigenvalue weighted by Gasteiger charge is -1.98. The van der Waals surface area contributed by atoms with Gasteiger partial charge in [-0.2, -0.15) is 4.39 Å². The topological polar surface area (TPSA) is 12.9 Å². The van der Waals surface area contributed by atoms with E-state index in [1.54, 1.807) is 12.1 Å². The van der Waals surface area contributed by atoms with Crippen LogP contribution in [0.5, 0.6) is 0 Å². The first kappa shape index (κ1) is 7.66. The van der Waals surface area contributed by atoms with E-state index in [2.05, 4.69) is 18.1 Å². The number of nitrogens with zero attached hydrogens (tertiary/aromatic N) is 1. The Morgan fingerprint density at radius 3 is 2.91 bits per heavy atom. The summed E-state index contributed by atoms with van der Waals surface area (Å²) in [5, 5.41) is 0. The van der Waals surface area contributed by atoms with Crippen LogP contribution in [0.25, 0.3) is 5.57 Å². The van der Waals surface area contributed by atoms with Crippen molar-refractivity contribution in [1.82, 2.24) is 4.98 Å². The van der Waals surface area contributed by atoms with Crippen LogP contribution in [0.4, 0.5) is 4.39 Å². The number of hydrogen-bond acceptors (Lipinski definition) is 1. The highest BCUT2D eigenvalue weighted by molar-refractivity contribution is 5.70. The molecule has 56 valence electrons. The van der Waals surface area contributed by atoms with E-state index in [9.17, 15) is 4.39 Å². The van der Waals surface area contributed by atoms with Crippen molar-refractivity contribution >= 4 is 5.57 Å². The van der Waals surface area contributed by atoms with Gasteiger partial charge in [-0.3, -0.25) is 0 Å². The third-order valence-corrected chi connectivity index (χ3v) is 1.35. The maximum Gasteiger partial charge on any atom is 0.220 e. The number of halogens is 1. The Balaban J connectivity index is 3.13. The van der Waals surface area contributed by atoms with Crippen LogP contribution in [0, 0.1) is 5.95 Å². The molecule has 0 radical (unpaired) electrons. The van der Waals surface area contributed by atoms with Crippen LogP contribution in [-0.2, 0) is 0 Å². The number of pyridine rings is 1. The molecular weight excluding hydrogens is 141 g/mol. The maximum absolute atomic E-state index is 12.8. The van der Waals surface area contributed by atoms with Gasteiger partial charge in [0.2, 0.25) is 5.95 Å². The van der Waals surface area contributed by atoms with Crippen molar-refractivity contribution in [2.24, 2.45) is 0 Å². The summed E-state index contributed by atoms with van der Waals surface area (Å²) in [6.07, 6.45) is 2.90. The fourth-order valence-electron chi connectivity index (χ4n) is 0.736. The van der Waals surface area contributed by atoms with Gasteiger partial charge >= 0.3 is 0 Å². The molecule has 11 heavy (non-hydrogen) atoms. The van der Waals surface area contributed by atoms with Gasteiger partial charge in [0.05, 0.1) is 0 Å². The Hall–Kier alpha value is -1.44. The molecule has 0 amide bonds. The summed E-state index contributed by atoms with van der Waals surface area (Å²) in [6, 6.07) is 3.28. The fraction of sp³-hybridized carbons (Fsp3) is 0. The first-order valence-corrected chi connectivity index (χ1v) is 3.18. The van der Waals surface area contributed by atoms with Crippen molar-refractivity contribution in [2.75, 3.05) is 0 Å². The molecule has 0 saturated carbocycles. The van der Waals surface area contributed by atoms with Gasteiger partial charge in [-0.15, -0.1) is 0 Å². The van der Waals surface area contributed by atoms with Gasteiger partial charge < -0.3 is 0 Å². The van der Waals surface area contributed by atoms with Gasteiger partial charge in [-0.05, 0) is 17.7 Å². The van der Waals surface area contributed by atoms with E-state index in [1.807, 2.05) is 0 Å². The second kappa shape index (κ2) is 3.10. The lowest BCUT2D eigenvalue weighted by Crippen LogP contribution is -1.88. The average molecular weight is 149 g/mol. The highest BCUT2D eigenvalue weighted by Gasteiger charge is 2.01. The van der Waals surface area contributed by atoms with E-state index in [0.29, 0.717) is 11.1 Å². The molecule has 0 atom stereocenters. The van der Waals surface area contributed by atoms with Gasteiger partial charge in [0.1, 0.15) is 0 Å². The van der Waals surface area contributed by atoms with Gasteiger partial charge in [-0.25, -0.2) is 4.98 Å². The molecule has 0 saturated heterocycles. The van der Waals surface area contributed by atoms with Gasteiger partial charge in [0, 0.05) is 11.8 Å². The van der Waals surface area contributed by atoms with Crippen LogP contribution in [-0.4, -0.2) is 4.98 Å². The Kier molecular flexibility index (Phi) is 2.16. The molecule has 1 aromatic rings. The van der Waals surface area contributed by atoms with Crippen molar-refractivity contribution in [3.63, 3.8) is 0 Å². The minimum atomic E-state index is -0.502. The summed E-state index contributed by atoms with van der Waals surface area (Å²) in [7, 11) is 0. The monoisotopic (exact) mass is 149 g/mol. The molecule has 0 bridgehead atoms. The van der Waals surface area contributed by atoms with E-state index in [4.69, 9.17) is 0 Å². The normalized spacial score (nSPS) is 9.18. The van der Waals surface area contributed by atoms with Crippen molar-refractivity contribution < 1.29 is 4.39 Å². The molecule has 0 aliphatic carbocycles. The van der Waals surface area contributed by atoms with Crippen LogP contribution >= 0.6 is 0 Å². The van der Waals surface area contributed by atoms with E-state index in [1.165, 1.54) is 12.3 Å². The lowest BCUT2D eigenvalue weighted by atomic mass is 10.1. The molecule has 1 nitrogen and oxygen atoms in total. The predicted octanol–water partition coefficient (Wildman–Crippen LogP) is 2.42. The summed E-state index contributed by atoms with van der Waals surface area (Å²) >= 11 is 0. The van der Waals surface area contributed by atoms with Gasteiger partial charge in [-0.1, -0.05) is 19.2 Å². The fourth-order valence-corrected chi connectivity index (χ4v) is 0.736. The summed E-state index contributed by atoms with van der Waals surface area (Å²) in [6.45, 7) is 7.09. The molecule has 0 spiro atoms. The molecule has 1 aromatic heterocycles. The summed E-state index contributed by atoms with van der Waals surface area (Å²) in [4.78, 5) is 3.47. The number of allylic oxidation sites excluding steroid dienone is 2. The Bertz CT molecular complexity index is 291. The molecule has 1 rings (SSSR count). The van der Waals surface area contributed by atoms with Crippen LogP contribution in [0.1, 0.15) is 5.56 Å². The van der Waals surface area contributed by atoms with Crippen molar-refractivity contribution in [3.05, 3.63) is 49.1 Å². The van der Waals surface area contributed by atoms with Crippen molar-refractivity contribution in [1.29, 1.82) is 0 Å². The lowest BCUT2D eigenvalue weighted by molar-refractivity contribution is 0.580. The number of rotatable bonds is 2. The maximum atomic E-state index is 12.8. The van der Waals surface area contributed by atoms with Crippen LogP contribution in [0.3, 0.4) is 0 Å². The Morgan fingerprint density at radius 1 is 1.64 bits per heavy atom. The molecule has 0 aromatic carbocycles. The summed E-state index contributed by atoms with van der Waals surface area (Å²) in [5.74, 6) is -0.502. The number of aromatic nitrogens is 1. The summed E-state index contributed by atoms with van der Waals surface area (Å²) < 4.78 is 12.8. The smallest absolute Gasteiger partial charge is 0.220 e. The zero-order valence-corrected chi connectivity index (χ0v) is 6.05. The second-order valence-electron chi connectivity index (χ2n) is 2.07. The summed E-state index contributed by atoms with van der Waals surface area (Å²) in [5.41, 5.74) is 0.957.